The van der Waals surface area contributed by atoms with Crippen molar-refractivity contribution in [3.63, 3.8) is 0 Å². The molecule has 0 saturated carbocycles. The highest BCUT2D eigenvalue weighted by molar-refractivity contribution is 6.32. The van der Waals surface area contributed by atoms with Crippen molar-refractivity contribution in [1.82, 2.24) is 5.32 Å². The van der Waals surface area contributed by atoms with E-state index in [-0.39, 0.29) is 10.8 Å². The summed E-state index contributed by atoms with van der Waals surface area (Å²) >= 11 is 5.65. The van der Waals surface area contributed by atoms with Crippen LogP contribution in [-0.2, 0) is 0 Å². The second-order valence-electron chi connectivity index (χ2n) is 3.09. The molecule has 1 aromatic rings. The van der Waals surface area contributed by atoms with Crippen LogP contribution >= 0.6 is 11.6 Å². The molecule has 0 radical (unpaired) electrons. The number of aliphatic hydroxyl groups excluding tert-OH is 1. The number of methoxy groups -OCH3 is 1. The number of aliphatic hydroxyl groups is 1. The molecule has 0 aliphatic carbocycles. The predicted molar refractivity (Wildman–Crippen MR) is 56.8 cm³/mol. The summed E-state index contributed by atoms with van der Waals surface area (Å²) in [6.45, 7) is 0.338. The maximum absolute atomic E-state index is 13.3. The molecule has 0 amide bonds. The molecule has 5 heteroatoms. The lowest BCUT2D eigenvalue weighted by Gasteiger charge is -2.13. The van der Waals surface area contributed by atoms with E-state index in [4.69, 9.17) is 16.3 Å². The van der Waals surface area contributed by atoms with Crippen molar-refractivity contribution in [3.05, 3.63) is 28.5 Å². The molecule has 2 N–H and O–H groups in total. The van der Waals surface area contributed by atoms with Crippen LogP contribution in [0.1, 0.15) is 11.7 Å². The quantitative estimate of drug-likeness (QED) is 0.833. The van der Waals surface area contributed by atoms with E-state index >= 15 is 0 Å². The molecule has 0 bridgehead atoms. The minimum absolute atomic E-state index is 0.0714. The average molecular weight is 234 g/mol. The number of nitrogens with one attached hydrogen (secondary N) is 1. The summed E-state index contributed by atoms with van der Waals surface area (Å²) in [5.41, 5.74) is 0.433. The van der Waals surface area contributed by atoms with Crippen molar-refractivity contribution < 1.29 is 14.2 Å². The molecular weight excluding hydrogens is 221 g/mol. The minimum Gasteiger partial charge on any atom is -0.495 e. The molecule has 0 aliphatic heterocycles. The molecule has 0 aliphatic rings. The molecule has 0 aromatic heterocycles. The number of ether oxygens (including phenoxy) is 1. The number of rotatable bonds is 4. The molecule has 0 saturated heterocycles. The molecule has 1 unspecified atom stereocenters. The van der Waals surface area contributed by atoms with Gasteiger partial charge >= 0.3 is 0 Å². The largest absolute Gasteiger partial charge is 0.495 e. The second kappa shape index (κ2) is 5.30. The molecule has 1 rings (SSSR count). The third-order valence-corrected chi connectivity index (χ3v) is 2.39. The maximum atomic E-state index is 13.3. The van der Waals surface area contributed by atoms with Crippen molar-refractivity contribution in [2.24, 2.45) is 0 Å². The van der Waals surface area contributed by atoms with Gasteiger partial charge in [-0.3, -0.25) is 0 Å². The van der Waals surface area contributed by atoms with Crippen molar-refractivity contribution in [1.29, 1.82) is 0 Å². The van der Waals surface area contributed by atoms with Crippen LogP contribution < -0.4 is 10.1 Å². The molecule has 3 nitrogen and oxygen atoms in total. The summed E-state index contributed by atoms with van der Waals surface area (Å²) in [5.74, 6) is -0.372. The van der Waals surface area contributed by atoms with Crippen LogP contribution in [0, 0.1) is 5.82 Å². The van der Waals surface area contributed by atoms with Crippen molar-refractivity contribution >= 4 is 11.6 Å². The zero-order chi connectivity index (χ0) is 11.4. The van der Waals surface area contributed by atoms with Crippen LogP contribution in [0.4, 0.5) is 4.39 Å². The molecule has 15 heavy (non-hydrogen) atoms. The number of benzene rings is 1. The Balaban J connectivity index is 3.05. The molecule has 84 valence electrons. The van der Waals surface area contributed by atoms with Crippen LogP contribution in [-0.4, -0.2) is 25.8 Å². The van der Waals surface area contributed by atoms with E-state index in [0.717, 1.165) is 0 Å². The Morgan fingerprint density at radius 2 is 2.27 bits per heavy atom. The number of halogens is 2. The normalized spacial score (nSPS) is 12.6. The van der Waals surface area contributed by atoms with E-state index in [1.165, 1.54) is 19.2 Å². The lowest BCUT2D eigenvalue weighted by molar-refractivity contribution is 0.177. The van der Waals surface area contributed by atoms with Crippen LogP contribution in [0.2, 0.25) is 5.02 Å². The van der Waals surface area contributed by atoms with Gasteiger partial charge in [-0.1, -0.05) is 11.6 Å². The van der Waals surface area contributed by atoms with Crippen LogP contribution in [0.5, 0.6) is 5.75 Å². The van der Waals surface area contributed by atoms with E-state index in [0.29, 0.717) is 12.1 Å². The average Bonchev–Trinajstić information content (AvgIpc) is 2.22. The summed E-state index contributed by atoms with van der Waals surface area (Å²) in [6.07, 6.45) is -0.782. The summed E-state index contributed by atoms with van der Waals surface area (Å²) in [4.78, 5) is 0. The SMILES string of the molecule is CNCC(O)c1cc(F)c(Cl)c(OC)c1. The monoisotopic (exact) mass is 233 g/mol. The molecule has 1 atom stereocenters. The highest BCUT2D eigenvalue weighted by Gasteiger charge is 2.14. The van der Waals surface area contributed by atoms with E-state index in [2.05, 4.69) is 5.32 Å². The van der Waals surface area contributed by atoms with E-state index in [1.807, 2.05) is 0 Å². The van der Waals surface area contributed by atoms with Gasteiger partial charge in [-0.2, -0.15) is 0 Å². The van der Waals surface area contributed by atoms with Gasteiger partial charge in [-0.15, -0.1) is 0 Å². The van der Waals surface area contributed by atoms with E-state index in [1.54, 1.807) is 7.05 Å². The van der Waals surface area contributed by atoms with Crippen molar-refractivity contribution in [2.45, 2.75) is 6.10 Å². The fourth-order valence-corrected chi connectivity index (χ4v) is 1.42. The first-order valence-electron chi connectivity index (χ1n) is 4.45. The Morgan fingerprint density at radius 1 is 1.60 bits per heavy atom. The number of hydrogen-bond donors (Lipinski definition) is 2. The standard InChI is InChI=1S/C10H13ClFNO2/c1-13-5-8(14)6-3-7(12)10(11)9(4-6)15-2/h3-4,8,13-14H,5H2,1-2H3. The Morgan fingerprint density at radius 3 is 2.80 bits per heavy atom. The highest BCUT2D eigenvalue weighted by atomic mass is 35.5. The third-order valence-electron chi connectivity index (χ3n) is 2.02. The molecule has 1 aromatic carbocycles. The molecule has 0 fully saturated rings. The van der Waals surface area contributed by atoms with Gasteiger partial charge in [0.25, 0.3) is 0 Å². The lowest BCUT2D eigenvalue weighted by atomic mass is 10.1. The van der Waals surface area contributed by atoms with Gasteiger partial charge in [-0.05, 0) is 24.7 Å². The van der Waals surface area contributed by atoms with Crippen molar-refractivity contribution in [2.75, 3.05) is 20.7 Å². The fraction of sp³-hybridized carbons (Fsp3) is 0.400. The smallest absolute Gasteiger partial charge is 0.145 e. The highest BCUT2D eigenvalue weighted by Crippen LogP contribution is 2.30. The second-order valence-corrected chi connectivity index (χ2v) is 3.47. The van der Waals surface area contributed by atoms with Crippen LogP contribution in [0.25, 0.3) is 0 Å². The number of hydrogen-bond acceptors (Lipinski definition) is 3. The Labute approximate surface area is 92.8 Å². The topological polar surface area (TPSA) is 41.5 Å². The molecule has 0 spiro atoms. The zero-order valence-electron chi connectivity index (χ0n) is 8.55. The van der Waals surface area contributed by atoms with Gasteiger partial charge < -0.3 is 15.2 Å². The van der Waals surface area contributed by atoms with Gasteiger partial charge in [-0.25, -0.2) is 4.39 Å². The van der Waals surface area contributed by atoms with Gasteiger partial charge in [0.05, 0.1) is 13.2 Å². The Bertz CT molecular complexity index is 346. The maximum Gasteiger partial charge on any atom is 0.145 e. The minimum atomic E-state index is -0.782. The Hall–Kier alpha value is -0.840. The zero-order valence-corrected chi connectivity index (χ0v) is 9.31. The first-order chi connectivity index (χ1) is 7.10. The number of likely N-dealkylation sites (N-methyl/N-ethyl adjacent to an activating group) is 1. The predicted octanol–water partition coefficient (Wildman–Crippen LogP) is 1.74. The van der Waals surface area contributed by atoms with Gasteiger partial charge in [0.2, 0.25) is 0 Å². The first kappa shape index (κ1) is 12.2. The molecule has 0 heterocycles. The van der Waals surface area contributed by atoms with E-state index in [9.17, 15) is 9.50 Å². The Kier molecular flexibility index (Phi) is 4.32. The van der Waals surface area contributed by atoms with Crippen LogP contribution in [0.3, 0.4) is 0 Å². The lowest BCUT2D eigenvalue weighted by Crippen LogP contribution is -2.16. The summed E-state index contributed by atoms with van der Waals surface area (Å²) in [5, 5.41) is 12.3. The van der Waals surface area contributed by atoms with Crippen molar-refractivity contribution in [3.8, 4) is 5.75 Å². The van der Waals surface area contributed by atoms with Gasteiger partial charge in [0, 0.05) is 6.54 Å². The summed E-state index contributed by atoms with van der Waals surface area (Å²) < 4.78 is 18.2. The fourth-order valence-electron chi connectivity index (χ4n) is 1.24. The molecular formula is C10H13ClFNO2. The van der Waals surface area contributed by atoms with E-state index < -0.39 is 11.9 Å². The third kappa shape index (κ3) is 2.81. The summed E-state index contributed by atoms with van der Waals surface area (Å²) in [6, 6.07) is 2.72. The van der Waals surface area contributed by atoms with Crippen LogP contribution in [0.15, 0.2) is 12.1 Å². The van der Waals surface area contributed by atoms with Gasteiger partial charge in [0.1, 0.15) is 16.6 Å². The first-order valence-corrected chi connectivity index (χ1v) is 4.83. The van der Waals surface area contributed by atoms with Gasteiger partial charge in [0.15, 0.2) is 0 Å². The summed E-state index contributed by atoms with van der Waals surface area (Å²) in [7, 11) is 3.10.